The molecule has 2 N–H and O–H groups in total. The fourth-order valence-electron chi connectivity index (χ4n) is 10.5. The van der Waals surface area contributed by atoms with Gasteiger partial charge in [-0.1, -0.05) is 71.1 Å². The Bertz CT molecular complexity index is 1940. The number of ketones is 3. The summed E-state index contributed by atoms with van der Waals surface area (Å²) in [6, 6.07) is -1.16. The van der Waals surface area contributed by atoms with Crippen molar-refractivity contribution in [1.82, 2.24) is 4.90 Å². The SMILES string of the molecule is CO[C@H]1C[C@@H]2CC[C@@H](C)[C@@](O)(O2)C(=O)C(=O)N2CCCC[C@H]2C(=O)O[C@H]([C@H](C)C[C@@H]2CC[C@@H](OP(C)(C)=O)[C@H](OC)C2)CC(=O)[C@H](C)/C=C(\C)[C@@H](O)[C@@H](OC)C(=O)[C@H](C)CC(C)/C=C/C=CC=C1C. The van der Waals surface area contributed by atoms with E-state index in [0.717, 1.165) is 12.0 Å². The number of methoxy groups -OCH3 is 3. The summed E-state index contributed by atoms with van der Waals surface area (Å²) < 4.78 is 48.2. The molecule has 1 aliphatic carbocycles. The molecule has 4 rings (SSSR count). The van der Waals surface area contributed by atoms with Gasteiger partial charge in [-0.05, 0) is 107 Å². The van der Waals surface area contributed by atoms with Crippen molar-refractivity contribution in [2.75, 3.05) is 41.2 Å². The Morgan fingerprint density at radius 1 is 0.855 bits per heavy atom. The first-order valence-corrected chi connectivity index (χ1v) is 27.7. The van der Waals surface area contributed by atoms with Crippen LogP contribution in [-0.4, -0.2) is 140 Å². The number of fused-ring (bicyclic) bond motifs is 3. The summed E-state index contributed by atoms with van der Waals surface area (Å²) in [6.07, 6.45) is 11.4. The van der Waals surface area contributed by atoms with E-state index in [4.69, 9.17) is 28.2 Å². The van der Waals surface area contributed by atoms with Crippen LogP contribution in [0.3, 0.4) is 0 Å². The highest BCUT2D eigenvalue weighted by atomic mass is 31.2. The second kappa shape index (κ2) is 26.5. The predicted octanol–water partition coefficient (Wildman–Crippen LogP) is 7.74. The van der Waals surface area contributed by atoms with Gasteiger partial charge in [-0.15, -0.1) is 0 Å². The number of esters is 1. The highest BCUT2D eigenvalue weighted by Crippen LogP contribution is 2.45. The van der Waals surface area contributed by atoms with Gasteiger partial charge in [0.05, 0.1) is 24.4 Å². The zero-order valence-electron chi connectivity index (χ0n) is 43.4. The molecule has 1 saturated carbocycles. The van der Waals surface area contributed by atoms with Crippen molar-refractivity contribution >= 4 is 36.6 Å². The standard InChI is InChI=1S/C53H84NO14P/c1-32-18-14-13-15-19-33(2)44(63-8)30-40-23-21-38(7)53(61,67-40)50(58)51(59)54-25-17-16-20-41(54)52(60)66-45(35(4)28-39-22-24-43(46(29-39)64-9)68-69(11,12)62)31-42(55)34(3)27-37(6)48(57)49(65-10)47(56)36(5)26-32/h13-15,18-19,27,32,34-36,38-41,43-46,48-49,57,61H,16-17,20-26,28-31H2,1-12H3/b15-13?,18-14+,33-19?,37-27+/t32?,34-,35-,36-,38-,39+,40+,41+,43-,44+,45+,46-,48-,49+,53-/m1/s1. The smallest absolute Gasteiger partial charge is 0.329 e. The van der Waals surface area contributed by atoms with Crippen LogP contribution in [0.1, 0.15) is 126 Å². The largest absolute Gasteiger partial charge is 0.460 e. The predicted molar refractivity (Wildman–Crippen MR) is 263 cm³/mol. The van der Waals surface area contributed by atoms with Crippen LogP contribution in [0.15, 0.2) is 47.6 Å². The molecule has 3 heterocycles. The van der Waals surface area contributed by atoms with E-state index in [9.17, 15) is 38.8 Å². The molecule has 0 radical (unpaired) electrons. The summed E-state index contributed by atoms with van der Waals surface area (Å²) >= 11 is 0. The van der Waals surface area contributed by atoms with Gasteiger partial charge in [-0.25, -0.2) is 4.79 Å². The third-order valence-electron chi connectivity index (χ3n) is 14.8. The summed E-state index contributed by atoms with van der Waals surface area (Å²) in [5.41, 5.74) is 1.25. The van der Waals surface area contributed by atoms with Crippen molar-refractivity contribution < 1.29 is 67.0 Å². The first-order valence-electron chi connectivity index (χ1n) is 25.2. The molecule has 3 aliphatic heterocycles. The zero-order valence-corrected chi connectivity index (χ0v) is 44.3. The molecule has 3 fully saturated rings. The zero-order chi connectivity index (χ0) is 51.4. The van der Waals surface area contributed by atoms with Crippen LogP contribution < -0.4 is 0 Å². The molecule has 0 spiro atoms. The Morgan fingerprint density at radius 3 is 2.22 bits per heavy atom. The van der Waals surface area contributed by atoms with Crippen LogP contribution in [0, 0.1) is 35.5 Å². The summed E-state index contributed by atoms with van der Waals surface area (Å²) in [5.74, 6) is -8.11. The van der Waals surface area contributed by atoms with Crippen molar-refractivity contribution in [2.45, 2.75) is 180 Å². The van der Waals surface area contributed by atoms with Gasteiger partial charge in [0.25, 0.3) is 11.7 Å². The molecule has 2 bridgehead atoms. The topological polar surface area (TPSA) is 201 Å². The molecule has 1 unspecified atom stereocenters. The monoisotopic (exact) mass is 990 g/mol. The van der Waals surface area contributed by atoms with Crippen molar-refractivity contribution in [1.29, 1.82) is 0 Å². The first-order chi connectivity index (χ1) is 32.4. The van der Waals surface area contributed by atoms with E-state index in [-0.39, 0.29) is 60.9 Å². The van der Waals surface area contributed by atoms with Gasteiger partial charge in [0.2, 0.25) is 5.79 Å². The van der Waals surface area contributed by atoms with E-state index < -0.39 is 85.1 Å². The molecule has 15 atom stereocenters. The van der Waals surface area contributed by atoms with Crippen molar-refractivity contribution in [3.05, 3.63) is 47.6 Å². The maximum atomic E-state index is 14.5. The number of amides is 1. The number of hydrogen-bond acceptors (Lipinski definition) is 14. The number of carbonyl (C=O) groups excluding carboxylic acids is 5. The van der Waals surface area contributed by atoms with Gasteiger partial charge in [-0.3, -0.25) is 23.7 Å². The van der Waals surface area contributed by atoms with Crippen LogP contribution in [0.25, 0.3) is 0 Å². The molecular weight excluding hydrogens is 906 g/mol. The molecule has 1 amide bonds. The number of rotatable bonds is 8. The number of ether oxygens (including phenoxy) is 5. The Labute approximate surface area is 411 Å². The van der Waals surface area contributed by atoms with Gasteiger partial charge < -0.3 is 43.3 Å². The fraction of sp³-hybridized carbons (Fsp3) is 0.755. The van der Waals surface area contributed by atoms with E-state index in [1.807, 2.05) is 58.1 Å². The quantitative estimate of drug-likeness (QED) is 0.104. The van der Waals surface area contributed by atoms with Crippen molar-refractivity contribution in [2.24, 2.45) is 35.5 Å². The molecule has 69 heavy (non-hydrogen) atoms. The second-order valence-corrected chi connectivity index (χ2v) is 23.6. The molecule has 0 aromatic carbocycles. The summed E-state index contributed by atoms with van der Waals surface area (Å²) in [4.78, 5) is 72.2. The lowest BCUT2D eigenvalue weighted by molar-refractivity contribution is -0.265. The summed E-state index contributed by atoms with van der Waals surface area (Å²) in [7, 11) is 1.76. The minimum absolute atomic E-state index is 0.0117. The third kappa shape index (κ3) is 16.2. The molecule has 2 saturated heterocycles. The Morgan fingerprint density at radius 2 is 1.57 bits per heavy atom. The number of carbonyl (C=O) groups is 5. The molecule has 0 aromatic heterocycles. The van der Waals surface area contributed by atoms with Gasteiger partial charge in [-0.2, -0.15) is 0 Å². The lowest BCUT2D eigenvalue weighted by atomic mass is 9.78. The second-order valence-electron chi connectivity index (χ2n) is 20.9. The minimum Gasteiger partial charge on any atom is -0.460 e. The van der Waals surface area contributed by atoms with Gasteiger partial charge in [0.1, 0.15) is 30.1 Å². The number of aliphatic hydroxyl groups excluding tert-OH is 1. The van der Waals surface area contributed by atoms with Crippen LogP contribution in [0.2, 0.25) is 0 Å². The number of hydrogen-bond donors (Lipinski definition) is 2. The average Bonchev–Trinajstić information content (AvgIpc) is 3.30. The minimum atomic E-state index is -2.79. The Kier molecular flexibility index (Phi) is 22.5. The highest BCUT2D eigenvalue weighted by Gasteiger charge is 2.53. The number of cyclic esters (lactones) is 1. The lowest BCUT2D eigenvalue weighted by Gasteiger charge is -2.42. The molecule has 4 aliphatic rings. The van der Waals surface area contributed by atoms with E-state index >= 15 is 0 Å². The number of piperidine rings is 1. The van der Waals surface area contributed by atoms with Crippen LogP contribution in [-0.2, 0) is 56.7 Å². The van der Waals surface area contributed by atoms with Crippen LogP contribution in [0.4, 0.5) is 0 Å². The van der Waals surface area contributed by atoms with Gasteiger partial charge in [0, 0.05) is 71.8 Å². The average molecular weight is 990 g/mol. The molecule has 16 heteroatoms. The molecule has 15 nitrogen and oxygen atoms in total. The van der Waals surface area contributed by atoms with E-state index in [0.29, 0.717) is 63.4 Å². The number of allylic oxidation sites excluding steroid dienone is 6. The number of nitrogens with zero attached hydrogens (tertiary/aromatic N) is 1. The summed E-state index contributed by atoms with van der Waals surface area (Å²) in [6.45, 7) is 15.9. The van der Waals surface area contributed by atoms with E-state index in [1.165, 1.54) is 12.0 Å². The Hall–Kier alpha value is -3.14. The highest BCUT2D eigenvalue weighted by molar-refractivity contribution is 7.57. The number of Topliss-reactive ketones (excluding diaryl/α,β-unsaturated/α-hetero) is 3. The van der Waals surface area contributed by atoms with Crippen molar-refractivity contribution in [3.8, 4) is 0 Å². The first kappa shape index (κ1) is 58.4. The fourth-order valence-corrected chi connectivity index (χ4v) is 11.4. The number of aliphatic hydroxyl groups is 2. The maximum absolute atomic E-state index is 14.5. The van der Waals surface area contributed by atoms with E-state index in [1.54, 1.807) is 54.4 Å². The van der Waals surface area contributed by atoms with Crippen LogP contribution >= 0.6 is 7.37 Å². The lowest BCUT2D eigenvalue weighted by Crippen LogP contribution is -2.61. The van der Waals surface area contributed by atoms with Crippen molar-refractivity contribution in [3.63, 3.8) is 0 Å². The van der Waals surface area contributed by atoms with Gasteiger partial charge >= 0.3 is 5.97 Å². The molecule has 390 valence electrons. The normalized spacial score (nSPS) is 37.8. The van der Waals surface area contributed by atoms with Crippen LogP contribution in [0.5, 0.6) is 0 Å². The molecular formula is C53H84NO14P. The third-order valence-corrected chi connectivity index (χ3v) is 15.6. The maximum Gasteiger partial charge on any atom is 0.329 e. The van der Waals surface area contributed by atoms with E-state index in [2.05, 4.69) is 0 Å². The molecule has 0 aromatic rings. The summed E-state index contributed by atoms with van der Waals surface area (Å²) in [5, 5.41) is 23.5. The Balaban J connectivity index is 1.70. The van der Waals surface area contributed by atoms with Gasteiger partial charge in [0.15, 0.2) is 13.2 Å².